The zero-order valence-electron chi connectivity index (χ0n) is 15.8. The van der Waals surface area contributed by atoms with Crippen LogP contribution >= 0.6 is 0 Å². The molecule has 0 unspecified atom stereocenters. The molecule has 7 heteroatoms. The van der Waals surface area contributed by atoms with Crippen LogP contribution in [0.5, 0.6) is 0 Å². The van der Waals surface area contributed by atoms with Crippen molar-refractivity contribution in [2.24, 2.45) is 0 Å². The Kier molecular flexibility index (Phi) is 5.54. The maximum atomic E-state index is 13.2. The summed E-state index contributed by atoms with van der Waals surface area (Å²) in [4.78, 5) is 50.1. The molecule has 0 spiro atoms. The number of para-hydroxylation sites is 1. The van der Waals surface area contributed by atoms with Gasteiger partial charge in [-0.05, 0) is 37.6 Å². The first-order valence-electron chi connectivity index (χ1n) is 9.06. The molecule has 0 fully saturated rings. The minimum absolute atomic E-state index is 0.171. The molecule has 3 aromatic rings. The Morgan fingerprint density at radius 3 is 2.50 bits per heavy atom. The van der Waals surface area contributed by atoms with E-state index >= 15 is 0 Å². The molecule has 1 aromatic heterocycles. The largest absolute Gasteiger partial charge is 0.355 e. The zero-order chi connectivity index (χ0) is 20.3. The molecule has 144 valence electrons. The summed E-state index contributed by atoms with van der Waals surface area (Å²) in [6, 6.07) is 13.0. The first kappa shape index (κ1) is 19.3. The average molecular weight is 379 g/mol. The van der Waals surface area contributed by atoms with E-state index in [0.717, 1.165) is 11.0 Å². The summed E-state index contributed by atoms with van der Waals surface area (Å²) in [5.41, 5.74) is -0.0499. The van der Waals surface area contributed by atoms with Crippen LogP contribution in [0.15, 0.2) is 58.1 Å². The number of nitrogens with zero attached hydrogens (tertiary/aromatic N) is 2. The second-order valence-electron chi connectivity index (χ2n) is 6.48. The first-order chi connectivity index (χ1) is 13.4. The van der Waals surface area contributed by atoms with Crippen molar-refractivity contribution in [3.8, 4) is 5.69 Å². The third kappa shape index (κ3) is 3.64. The third-order valence-corrected chi connectivity index (χ3v) is 4.44. The fraction of sp³-hybridized carbons (Fsp3) is 0.238. The van der Waals surface area contributed by atoms with Crippen molar-refractivity contribution < 1.29 is 9.59 Å². The lowest BCUT2D eigenvalue weighted by Gasteiger charge is -2.14. The smallest absolute Gasteiger partial charge is 0.336 e. The number of nitrogens with one attached hydrogen (secondary N) is 1. The van der Waals surface area contributed by atoms with E-state index in [1.807, 2.05) is 6.92 Å². The number of hydrogen-bond donors (Lipinski definition) is 1. The predicted molar refractivity (Wildman–Crippen MR) is 107 cm³/mol. The molecule has 0 aliphatic carbocycles. The quantitative estimate of drug-likeness (QED) is 0.662. The van der Waals surface area contributed by atoms with Gasteiger partial charge in [0.1, 0.15) is 6.54 Å². The number of amides is 1. The molecule has 1 heterocycles. The van der Waals surface area contributed by atoms with E-state index in [2.05, 4.69) is 5.32 Å². The van der Waals surface area contributed by atoms with Crippen LogP contribution in [-0.4, -0.2) is 27.4 Å². The lowest BCUT2D eigenvalue weighted by atomic mass is 10.1. The van der Waals surface area contributed by atoms with E-state index in [0.29, 0.717) is 23.0 Å². The van der Waals surface area contributed by atoms with E-state index in [9.17, 15) is 19.2 Å². The fourth-order valence-electron chi connectivity index (χ4n) is 3.03. The van der Waals surface area contributed by atoms with Gasteiger partial charge in [-0.15, -0.1) is 0 Å². The Morgan fingerprint density at radius 2 is 1.79 bits per heavy atom. The van der Waals surface area contributed by atoms with Crippen LogP contribution in [0.1, 0.15) is 30.6 Å². The predicted octanol–water partition coefficient (Wildman–Crippen LogP) is 1.88. The van der Waals surface area contributed by atoms with Gasteiger partial charge in [0.2, 0.25) is 5.91 Å². The number of carbonyl (C=O) groups excluding carboxylic acids is 2. The van der Waals surface area contributed by atoms with Crippen molar-refractivity contribution in [3.05, 3.63) is 74.9 Å². The summed E-state index contributed by atoms with van der Waals surface area (Å²) in [5, 5.41) is 3.06. The Labute approximate surface area is 161 Å². The SMILES string of the molecule is CCCNC(=O)Cn1c(=O)n(-c2cccc(C(C)=O)c2)c(=O)c2ccccc21. The van der Waals surface area contributed by atoms with Gasteiger partial charge in [-0.25, -0.2) is 9.36 Å². The van der Waals surface area contributed by atoms with Gasteiger partial charge in [0.15, 0.2) is 5.78 Å². The molecule has 0 atom stereocenters. The van der Waals surface area contributed by atoms with Crippen LogP contribution in [0.3, 0.4) is 0 Å². The van der Waals surface area contributed by atoms with Crippen molar-refractivity contribution in [3.63, 3.8) is 0 Å². The van der Waals surface area contributed by atoms with Gasteiger partial charge in [0.25, 0.3) is 5.56 Å². The molecule has 0 saturated heterocycles. The van der Waals surface area contributed by atoms with Crippen LogP contribution in [-0.2, 0) is 11.3 Å². The van der Waals surface area contributed by atoms with Crippen molar-refractivity contribution in [2.75, 3.05) is 6.54 Å². The van der Waals surface area contributed by atoms with Crippen LogP contribution in [0.2, 0.25) is 0 Å². The standard InChI is InChI=1S/C21H21N3O4/c1-3-11-22-19(26)13-23-18-10-5-4-9-17(18)20(27)24(21(23)28)16-8-6-7-15(12-16)14(2)25/h4-10,12H,3,11,13H2,1-2H3,(H,22,26). The molecule has 0 saturated carbocycles. The maximum Gasteiger partial charge on any atom is 0.336 e. The number of rotatable bonds is 6. The van der Waals surface area contributed by atoms with Crippen molar-refractivity contribution in [1.82, 2.24) is 14.5 Å². The van der Waals surface area contributed by atoms with E-state index in [1.54, 1.807) is 42.5 Å². The highest BCUT2D eigenvalue weighted by Crippen LogP contribution is 2.12. The fourth-order valence-corrected chi connectivity index (χ4v) is 3.03. The number of carbonyl (C=O) groups is 2. The molecule has 0 bridgehead atoms. The molecule has 1 N–H and O–H groups in total. The van der Waals surface area contributed by atoms with Gasteiger partial charge in [0, 0.05) is 12.1 Å². The number of ketones is 1. The minimum Gasteiger partial charge on any atom is -0.355 e. The molecule has 0 aliphatic rings. The summed E-state index contributed by atoms with van der Waals surface area (Å²) in [5.74, 6) is -0.480. The lowest BCUT2D eigenvalue weighted by Crippen LogP contribution is -2.42. The normalized spacial score (nSPS) is 10.8. The average Bonchev–Trinajstić information content (AvgIpc) is 2.70. The topological polar surface area (TPSA) is 90.2 Å². The van der Waals surface area contributed by atoms with Crippen molar-refractivity contribution >= 4 is 22.6 Å². The molecular formula is C21H21N3O4. The second-order valence-corrected chi connectivity index (χ2v) is 6.48. The molecule has 0 radical (unpaired) electrons. The highest BCUT2D eigenvalue weighted by molar-refractivity contribution is 5.94. The summed E-state index contributed by atoms with van der Waals surface area (Å²) in [7, 11) is 0. The van der Waals surface area contributed by atoms with E-state index in [4.69, 9.17) is 0 Å². The zero-order valence-corrected chi connectivity index (χ0v) is 15.8. The highest BCUT2D eigenvalue weighted by Gasteiger charge is 2.16. The molecule has 28 heavy (non-hydrogen) atoms. The first-order valence-corrected chi connectivity index (χ1v) is 9.06. The summed E-state index contributed by atoms with van der Waals surface area (Å²) < 4.78 is 2.28. The van der Waals surface area contributed by atoms with Crippen LogP contribution in [0.4, 0.5) is 0 Å². The Morgan fingerprint density at radius 1 is 1.04 bits per heavy atom. The minimum atomic E-state index is -0.629. The summed E-state index contributed by atoms with van der Waals surface area (Å²) >= 11 is 0. The van der Waals surface area contributed by atoms with Gasteiger partial charge in [-0.3, -0.25) is 19.0 Å². The van der Waals surface area contributed by atoms with Crippen LogP contribution in [0, 0.1) is 0 Å². The third-order valence-electron chi connectivity index (χ3n) is 4.44. The molecule has 2 aromatic carbocycles. The van der Waals surface area contributed by atoms with Crippen LogP contribution in [0.25, 0.3) is 16.6 Å². The lowest BCUT2D eigenvalue weighted by molar-refractivity contribution is -0.121. The molecule has 1 amide bonds. The van der Waals surface area contributed by atoms with Gasteiger partial charge >= 0.3 is 5.69 Å². The Hall–Kier alpha value is -3.48. The van der Waals surface area contributed by atoms with Gasteiger partial charge < -0.3 is 5.32 Å². The number of fused-ring (bicyclic) bond motifs is 1. The molecular weight excluding hydrogens is 358 g/mol. The highest BCUT2D eigenvalue weighted by atomic mass is 16.2. The molecule has 3 rings (SSSR count). The van der Waals surface area contributed by atoms with E-state index < -0.39 is 11.2 Å². The van der Waals surface area contributed by atoms with Crippen molar-refractivity contribution in [1.29, 1.82) is 0 Å². The number of Topliss-reactive ketones (excluding diaryl/α,β-unsaturated/α-hetero) is 1. The number of aromatic nitrogens is 2. The van der Waals surface area contributed by atoms with Crippen LogP contribution < -0.4 is 16.6 Å². The second kappa shape index (κ2) is 8.04. The molecule has 0 aliphatic heterocycles. The Bertz CT molecular complexity index is 1170. The maximum absolute atomic E-state index is 13.2. The van der Waals surface area contributed by atoms with E-state index in [-0.39, 0.29) is 23.9 Å². The summed E-state index contributed by atoms with van der Waals surface area (Å²) in [6.07, 6.45) is 0.777. The monoisotopic (exact) mass is 379 g/mol. The van der Waals surface area contributed by atoms with Crippen molar-refractivity contribution in [2.45, 2.75) is 26.8 Å². The number of hydrogen-bond acceptors (Lipinski definition) is 4. The van der Waals surface area contributed by atoms with Gasteiger partial charge in [-0.1, -0.05) is 31.2 Å². The summed E-state index contributed by atoms with van der Waals surface area (Å²) in [6.45, 7) is 3.65. The van der Waals surface area contributed by atoms with Gasteiger partial charge in [0.05, 0.1) is 16.6 Å². The Balaban J connectivity index is 2.26. The molecule has 7 nitrogen and oxygen atoms in total. The van der Waals surface area contributed by atoms with E-state index in [1.165, 1.54) is 17.6 Å². The number of benzene rings is 2. The van der Waals surface area contributed by atoms with Gasteiger partial charge in [-0.2, -0.15) is 0 Å².